The quantitative estimate of drug-likeness (QED) is 0.677. The molecule has 0 radical (unpaired) electrons. The number of halogens is 2. The third-order valence-corrected chi connectivity index (χ3v) is 2.53. The summed E-state index contributed by atoms with van der Waals surface area (Å²) in [5.74, 6) is -0.454. The maximum absolute atomic E-state index is 13.1. The Balaban J connectivity index is 0.00000180. The molecule has 1 amide bonds. The van der Waals surface area contributed by atoms with Crippen molar-refractivity contribution in [3.8, 4) is 11.4 Å². The number of carbonyl (C=O) groups is 1. The fraction of sp³-hybridized carbons (Fsp3) is 0.0769. The molecule has 0 aliphatic carbocycles. The second-order valence-electron chi connectivity index (χ2n) is 3.67. The number of benzene rings is 1. The number of aromatic nitrogens is 1. The Labute approximate surface area is 116 Å². The van der Waals surface area contributed by atoms with Gasteiger partial charge in [0.25, 0.3) is 5.69 Å². The monoisotopic (exact) mass is 282 g/mol. The number of pyridine rings is 1. The van der Waals surface area contributed by atoms with Crippen LogP contribution >= 0.6 is 0 Å². The zero-order valence-electron chi connectivity index (χ0n) is 10.1. The van der Waals surface area contributed by atoms with Gasteiger partial charge in [0.1, 0.15) is 5.82 Å². The summed E-state index contributed by atoms with van der Waals surface area (Å²) in [6.07, 6.45) is 3.33. The Hall–Kier alpha value is -2.14. The van der Waals surface area contributed by atoms with Crippen LogP contribution in [0.5, 0.6) is 5.75 Å². The molecule has 1 heterocycles. The van der Waals surface area contributed by atoms with E-state index in [1.54, 1.807) is 35.2 Å². The highest BCUT2D eigenvalue weighted by atomic mass is 35.5. The van der Waals surface area contributed by atoms with Crippen LogP contribution in [0.3, 0.4) is 0 Å². The van der Waals surface area contributed by atoms with E-state index in [0.717, 1.165) is 0 Å². The third-order valence-electron chi connectivity index (χ3n) is 2.53. The highest BCUT2D eigenvalue weighted by molar-refractivity contribution is 5.92. The molecule has 0 saturated heterocycles. The van der Waals surface area contributed by atoms with Crippen LogP contribution in [0.15, 0.2) is 42.7 Å². The van der Waals surface area contributed by atoms with E-state index >= 15 is 0 Å². The molecular formula is C13H12ClFN2O2. The number of rotatable bonds is 3. The van der Waals surface area contributed by atoms with Crippen molar-refractivity contribution in [2.75, 3.05) is 7.11 Å². The number of amides is 1. The van der Waals surface area contributed by atoms with Crippen LogP contribution in [0.2, 0.25) is 0 Å². The van der Waals surface area contributed by atoms with Gasteiger partial charge in [-0.15, -0.1) is 0 Å². The first-order valence-corrected chi connectivity index (χ1v) is 5.27. The summed E-state index contributed by atoms with van der Waals surface area (Å²) < 4.78 is 19.9. The Kier molecular flexibility index (Phi) is 4.83. The number of methoxy groups -OCH3 is 1. The van der Waals surface area contributed by atoms with Gasteiger partial charge in [-0.1, -0.05) is 0 Å². The number of hydrogen-bond donors (Lipinski definition) is 1. The van der Waals surface area contributed by atoms with E-state index in [2.05, 4.69) is 0 Å². The third kappa shape index (κ3) is 3.20. The summed E-state index contributed by atoms with van der Waals surface area (Å²) in [7, 11) is 1.47. The molecule has 2 aromatic rings. The molecule has 6 heteroatoms. The van der Waals surface area contributed by atoms with E-state index in [-0.39, 0.29) is 18.2 Å². The molecule has 1 aromatic heterocycles. The lowest BCUT2D eigenvalue weighted by Gasteiger charge is -2.03. The van der Waals surface area contributed by atoms with Crippen LogP contribution in [0.25, 0.3) is 5.69 Å². The molecule has 0 atom stereocenters. The van der Waals surface area contributed by atoms with Gasteiger partial charge in [-0.3, -0.25) is 4.79 Å². The predicted octanol–water partition coefficient (Wildman–Crippen LogP) is -1.79. The molecule has 100 valence electrons. The lowest BCUT2D eigenvalue weighted by Crippen LogP contribution is -3.00. The van der Waals surface area contributed by atoms with Crippen LogP contribution < -0.4 is 27.4 Å². The van der Waals surface area contributed by atoms with E-state index in [9.17, 15) is 9.18 Å². The Bertz CT molecular complexity index is 588. The summed E-state index contributed by atoms with van der Waals surface area (Å²) in [5, 5.41) is 0. The summed E-state index contributed by atoms with van der Waals surface area (Å²) in [6, 6.07) is 7.41. The molecule has 1 aromatic carbocycles. The van der Waals surface area contributed by atoms with E-state index in [0.29, 0.717) is 17.0 Å². The lowest BCUT2D eigenvalue weighted by molar-refractivity contribution is -0.596. The fourth-order valence-electron chi connectivity index (χ4n) is 1.62. The van der Waals surface area contributed by atoms with E-state index in [1.807, 2.05) is 0 Å². The van der Waals surface area contributed by atoms with Gasteiger partial charge in [0.05, 0.1) is 12.7 Å². The van der Waals surface area contributed by atoms with Gasteiger partial charge in [-0.2, -0.15) is 4.57 Å². The normalized spacial score (nSPS) is 9.58. The van der Waals surface area contributed by atoms with Crippen molar-refractivity contribution >= 4 is 5.91 Å². The van der Waals surface area contributed by atoms with Gasteiger partial charge in [0.15, 0.2) is 18.1 Å². The van der Waals surface area contributed by atoms with Crippen LogP contribution in [0.1, 0.15) is 10.4 Å². The maximum atomic E-state index is 13.1. The van der Waals surface area contributed by atoms with E-state index in [4.69, 9.17) is 10.5 Å². The van der Waals surface area contributed by atoms with Crippen molar-refractivity contribution in [2.24, 2.45) is 5.73 Å². The first kappa shape index (κ1) is 14.9. The van der Waals surface area contributed by atoms with Gasteiger partial charge in [0, 0.05) is 24.3 Å². The number of carbonyl (C=O) groups excluding carboxylic acids is 1. The van der Waals surface area contributed by atoms with Crippen molar-refractivity contribution in [3.63, 3.8) is 0 Å². The SMILES string of the molecule is COc1cc(F)ccc1-[n+]1ccc(C(N)=O)cc1.[Cl-]. The fourth-order valence-corrected chi connectivity index (χ4v) is 1.62. The predicted molar refractivity (Wildman–Crippen MR) is 63.0 cm³/mol. The molecule has 0 saturated carbocycles. The molecule has 19 heavy (non-hydrogen) atoms. The molecule has 0 fully saturated rings. The summed E-state index contributed by atoms with van der Waals surface area (Å²) in [6.45, 7) is 0. The van der Waals surface area contributed by atoms with Gasteiger partial charge < -0.3 is 22.9 Å². The van der Waals surface area contributed by atoms with Crippen LogP contribution in [0.4, 0.5) is 4.39 Å². The van der Waals surface area contributed by atoms with Crippen molar-refractivity contribution in [3.05, 3.63) is 54.1 Å². The van der Waals surface area contributed by atoms with Gasteiger partial charge in [0.2, 0.25) is 5.91 Å². The Morgan fingerprint density at radius 1 is 1.26 bits per heavy atom. The first-order chi connectivity index (χ1) is 8.61. The molecule has 0 unspecified atom stereocenters. The second-order valence-corrected chi connectivity index (χ2v) is 3.67. The average molecular weight is 283 g/mol. The molecule has 0 bridgehead atoms. The molecule has 2 N–H and O–H groups in total. The number of primary amides is 1. The smallest absolute Gasteiger partial charge is 0.253 e. The zero-order valence-corrected chi connectivity index (χ0v) is 10.9. The lowest BCUT2D eigenvalue weighted by atomic mass is 10.2. The van der Waals surface area contributed by atoms with Crippen LogP contribution in [-0.4, -0.2) is 13.0 Å². The van der Waals surface area contributed by atoms with Crippen LogP contribution in [-0.2, 0) is 0 Å². The summed E-state index contributed by atoms with van der Waals surface area (Å²) in [4.78, 5) is 11.0. The number of ether oxygens (including phenoxy) is 1. The molecule has 2 rings (SSSR count). The summed E-state index contributed by atoms with van der Waals surface area (Å²) in [5.41, 5.74) is 6.24. The topological polar surface area (TPSA) is 56.2 Å². The van der Waals surface area contributed by atoms with Crippen molar-refractivity contribution in [1.82, 2.24) is 0 Å². The molecule has 0 spiro atoms. The highest BCUT2D eigenvalue weighted by Gasteiger charge is 2.14. The Morgan fingerprint density at radius 2 is 1.89 bits per heavy atom. The molecule has 0 aliphatic rings. The Morgan fingerprint density at radius 3 is 2.42 bits per heavy atom. The minimum absolute atomic E-state index is 0. The number of nitrogens with zero attached hydrogens (tertiary/aromatic N) is 1. The van der Waals surface area contributed by atoms with Gasteiger partial charge in [-0.25, -0.2) is 4.39 Å². The first-order valence-electron chi connectivity index (χ1n) is 5.27. The zero-order chi connectivity index (χ0) is 13.1. The second kappa shape index (κ2) is 6.15. The maximum Gasteiger partial charge on any atom is 0.253 e. The van der Waals surface area contributed by atoms with E-state index in [1.165, 1.54) is 19.2 Å². The standard InChI is InChI=1S/C13H11FN2O2.ClH/c1-18-12-8-10(14)2-3-11(12)16-6-4-9(5-7-16)13(15)17;/h2-8H,1H3,(H-,15,17);1H. The average Bonchev–Trinajstić information content (AvgIpc) is 2.38. The van der Waals surface area contributed by atoms with E-state index < -0.39 is 5.91 Å². The minimum atomic E-state index is -0.492. The largest absolute Gasteiger partial charge is 1.00 e. The minimum Gasteiger partial charge on any atom is -1.00 e. The highest BCUT2D eigenvalue weighted by Crippen LogP contribution is 2.19. The van der Waals surface area contributed by atoms with Crippen LogP contribution in [0, 0.1) is 5.82 Å². The number of hydrogen-bond acceptors (Lipinski definition) is 2. The number of nitrogens with two attached hydrogens (primary N) is 1. The molecule has 0 aliphatic heterocycles. The van der Waals surface area contributed by atoms with Crippen molar-refractivity contribution in [1.29, 1.82) is 0 Å². The van der Waals surface area contributed by atoms with Crippen molar-refractivity contribution in [2.45, 2.75) is 0 Å². The summed E-state index contributed by atoms with van der Waals surface area (Å²) >= 11 is 0. The van der Waals surface area contributed by atoms with Crippen molar-refractivity contribution < 1.29 is 30.9 Å². The van der Waals surface area contributed by atoms with Gasteiger partial charge >= 0.3 is 0 Å². The molecular weight excluding hydrogens is 271 g/mol. The molecule has 4 nitrogen and oxygen atoms in total. The van der Waals surface area contributed by atoms with Gasteiger partial charge in [-0.05, 0) is 6.07 Å².